The molecule has 3 nitrogen and oxygen atoms in total. The van der Waals surface area contributed by atoms with Crippen LogP contribution in [0.1, 0.15) is 49.4 Å². The van der Waals surface area contributed by atoms with Crippen molar-refractivity contribution in [2.24, 2.45) is 5.73 Å². The zero-order valence-electron chi connectivity index (χ0n) is 8.63. The van der Waals surface area contributed by atoms with Crippen molar-refractivity contribution in [2.45, 2.75) is 44.4 Å². The van der Waals surface area contributed by atoms with Crippen molar-refractivity contribution in [2.75, 3.05) is 6.54 Å². The highest BCUT2D eigenvalue weighted by atomic mass is 15.1. The monoisotopic (exact) mass is 193 g/mol. The predicted molar refractivity (Wildman–Crippen MR) is 57.2 cm³/mol. The molecule has 3 N–H and O–H groups in total. The molecule has 0 unspecified atom stereocenters. The van der Waals surface area contributed by atoms with Gasteiger partial charge in [0.15, 0.2) is 0 Å². The molecular weight excluding hydrogens is 174 g/mol. The largest absolute Gasteiger partial charge is 0.330 e. The molecular formula is C11H19N3. The van der Waals surface area contributed by atoms with Gasteiger partial charge >= 0.3 is 0 Å². The van der Waals surface area contributed by atoms with Gasteiger partial charge in [0.25, 0.3) is 0 Å². The van der Waals surface area contributed by atoms with Gasteiger partial charge in [-0.15, -0.1) is 0 Å². The highest BCUT2D eigenvalue weighted by Gasteiger charge is 2.17. The fourth-order valence-electron chi connectivity index (χ4n) is 2.27. The van der Waals surface area contributed by atoms with Gasteiger partial charge < -0.3 is 5.73 Å². The molecule has 14 heavy (non-hydrogen) atoms. The molecule has 0 atom stereocenters. The van der Waals surface area contributed by atoms with Crippen LogP contribution >= 0.6 is 0 Å². The van der Waals surface area contributed by atoms with Crippen molar-refractivity contribution in [1.29, 1.82) is 0 Å². The number of rotatable bonds is 3. The fourth-order valence-corrected chi connectivity index (χ4v) is 2.27. The number of H-pyrrole nitrogens is 1. The second-order valence-electron chi connectivity index (χ2n) is 4.19. The summed E-state index contributed by atoms with van der Waals surface area (Å²) in [4.78, 5) is 0. The molecule has 1 fully saturated rings. The van der Waals surface area contributed by atoms with E-state index in [4.69, 9.17) is 5.73 Å². The maximum Gasteiger partial charge on any atom is 0.0655 e. The summed E-state index contributed by atoms with van der Waals surface area (Å²) in [6, 6.07) is 2.20. The van der Waals surface area contributed by atoms with E-state index in [-0.39, 0.29) is 0 Å². The van der Waals surface area contributed by atoms with Gasteiger partial charge in [-0.2, -0.15) is 5.10 Å². The molecule has 1 saturated carbocycles. The zero-order chi connectivity index (χ0) is 9.80. The summed E-state index contributed by atoms with van der Waals surface area (Å²) >= 11 is 0. The van der Waals surface area contributed by atoms with E-state index in [0.717, 1.165) is 6.42 Å². The van der Waals surface area contributed by atoms with E-state index in [2.05, 4.69) is 16.3 Å². The lowest BCUT2D eigenvalue weighted by molar-refractivity contribution is 0.436. The van der Waals surface area contributed by atoms with Crippen LogP contribution in [0.5, 0.6) is 0 Å². The third kappa shape index (κ3) is 2.15. The van der Waals surface area contributed by atoms with Crippen molar-refractivity contribution >= 4 is 0 Å². The van der Waals surface area contributed by atoms with Gasteiger partial charge in [0, 0.05) is 18.0 Å². The highest BCUT2D eigenvalue weighted by Crippen LogP contribution is 2.31. The summed E-state index contributed by atoms with van der Waals surface area (Å²) < 4.78 is 0. The minimum atomic E-state index is 0.700. The van der Waals surface area contributed by atoms with Gasteiger partial charge in [0.2, 0.25) is 0 Å². The molecule has 0 radical (unpaired) electrons. The third-order valence-corrected chi connectivity index (χ3v) is 3.09. The van der Waals surface area contributed by atoms with E-state index >= 15 is 0 Å². The predicted octanol–water partition coefficient (Wildman–Crippen LogP) is 1.96. The topological polar surface area (TPSA) is 54.7 Å². The lowest BCUT2D eigenvalue weighted by Gasteiger charge is -2.19. The first-order valence-corrected chi connectivity index (χ1v) is 5.64. The van der Waals surface area contributed by atoms with E-state index in [1.807, 2.05) is 0 Å². The quantitative estimate of drug-likeness (QED) is 0.771. The van der Waals surface area contributed by atoms with Gasteiger partial charge in [-0.1, -0.05) is 19.3 Å². The van der Waals surface area contributed by atoms with Gasteiger partial charge in [-0.05, 0) is 25.5 Å². The first-order chi connectivity index (χ1) is 6.90. The number of hydrogen-bond donors (Lipinski definition) is 2. The van der Waals surface area contributed by atoms with E-state index < -0.39 is 0 Å². The van der Waals surface area contributed by atoms with Crippen LogP contribution in [0, 0.1) is 0 Å². The number of hydrogen-bond acceptors (Lipinski definition) is 2. The van der Waals surface area contributed by atoms with Crippen molar-refractivity contribution in [3.05, 3.63) is 17.5 Å². The molecule has 2 rings (SSSR count). The second-order valence-corrected chi connectivity index (χ2v) is 4.19. The summed E-state index contributed by atoms with van der Waals surface area (Å²) in [5.74, 6) is 0.700. The van der Waals surface area contributed by atoms with Crippen molar-refractivity contribution in [1.82, 2.24) is 10.2 Å². The van der Waals surface area contributed by atoms with Crippen LogP contribution in [0.3, 0.4) is 0 Å². The minimum Gasteiger partial charge on any atom is -0.330 e. The summed E-state index contributed by atoms with van der Waals surface area (Å²) in [5.41, 5.74) is 7.95. The van der Waals surface area contributed by atoms with Crippen LogP contribution in [0.2, 0.25) is 0 Å². The first-order valence-electron chi connectivity index (χ1n) is 5.64. The maximum absolute atomic E-state index is 5.50. The van der Waals surface area contributed by atoms with Crippen LogP contribution in [0.15, 0.2) is 6.07 Å². The Labute approximate surface area is 85.1 Å². The zero-order valence-corrected chi connectivity index (χ0v) is 8.63. The van der Waals surface area contributed by atoms with Crippen LogP contribution in [0.25, 0.3) is 0 Å². The van der Waals surface area contributed by atoms with Crippen LogP contribution in [-0.4, -0.2) is 16.7 Å². The average Bonchev–Trinajstić information content (AvgIpc) is 2.68. The minimum absolute atomic E-state index is 0.700. The van der Waals surface area contributed by atoms with Crippen molar-refractivity contribution in [3.63, 3.8) is 0 Å². The van der Waals surface area contributed by atoms with Gasteiger partial charge in [-0.3, -0.25) is 5.10 Å². The molecule has 0 amide bonds. The lowest BCUT2D eigenvalue weighted by Crippen LogP contribution is -2.04. The normalized spacial score (nSPS) is 18.6. The molecule has 1 aromatic heterocycles. The smallest absolute Gasteiger partial charge is 0.0655 e. The van der Waals surface area contributed by atoms with Crippen LogP contribution in [-0.2, 0) is 6.42 Å². The average molecular weight is 193 g/mol. The maximum atomic E-state index is 5.50. The summed E-state index contributed by atoms with van der Waals surface area (Å²) in [6.45, 7) is 0.701. The Bertz CT molecular complexity index is 274. The molecule has 1 aromatic rings. The molecule has 0 spiro atoms. The van der Waals surface area contributed by atoms with E-state index in [1.54, 1.807) is 0 Å². The standard InChI is InChI=1S/C11H19N3/c12-7-6-10-8-11(14-13-10)9-4-2-1-3-5-9/h8-9H,1-7,12H2,(H,13,14). The number of nitrogens with zero attached hydrogens (tertiary/aromatic N) is 1. The molecule has 1 aliphatic carbocycles. The number of aromatic amines is 1. The molecule has 78 valence electrons. The van der Waals surface area contributed by atoms with E-state index in [0.29, 0.717) is 12.5 Å². The molecule has 0 aliphatic heterocycles. The Kier molecular flexibility index (Phi) is 3.19. The van der Waals surface area contributed by atoms with Crippen LogP contribution in [0.4, 0.5) is 0 Å². The molecule has 0 bridgehead atoms. The highest BCUT2D eigenvalue weighted by molar-refractivity contribution is 5.14. The van der Waals surface area contributed by atoms with Crippen LogP contribution < -0.4 is 5.73 Å². The summed E-state index contributed by atoms with van der Waals surface area (Å²) in [7, 11) is 0. The Morgan fingerprint density at radius 2 is 2.14 bits per heavy atom. The Balaban J connectivity index is 2.00. The van der Waals surface area contributed by atoms with Gasteiger partial charge in [0.05, 0.1) is 5.69 Å². The SMILES string of the molecule is NCCc1cc(C2CCCCC2)n[nH]1. The number of aromatic nitrogens is 2. The molecule has 1 aliphatic rings. The second kappa shape index (κ2) is 4.60. The first kappa shape index (κ1) is 9.71. The molecule has 3 heteroatoms. The summed E-state index contributed by atoms with van der Waals surface area (Å²) in [5, 5.41) is 7.45. The fraction of sp³-hybridized carbons (Fsp3) is 0.727. The molecule has 1 heterocycles. The third-order valence-electron chi connectivity index (χ3n) is 3.09. The van der Waals surface area contributed by atoms with E-state index in [1.165, 1.54) is 43.5 Å². The lowest BCUT2D eigenvalue weighted by atomic mass is 9.87. The Morgan fingerprint density at radius 1 is 1.36 bits per heavy atom. The number of nitrogens with two attached hydrogens (primary N) is 1. The van der Waals surface area contributed by atoms with Gasteiger partial charge in [-0.25, -0.2) is 0 Å². The van der Waals surface area contributed by atoms with Crippen molar-refractivity contribution in [3.8, 4) is 0 Å². The molecule has 0 aromatic carbocycles. The van der Waals surface area contributed by atoms with E-state index in [9.17, 15) is 0 Å². The summed E-state index contributed by atoms with van der Waals surface area (Å²) in [6.07, 6.45) is 7.67. The Morgan fingerprint density at radius 3 is 2.86 bits per heavy atom. The van der Waals surface area contributed by atoms with Gasteiger partial charge in [0.1, 0.15) is 0 Å². The van der Waals surface area contributed by atoms with Crippen molar-refractivity contribution < 1.29 is 0 Å². The Hall–Kier alpha value is -0.830. The number of nitrogens with one attached hydrogen (secondary N) is 1. The molecule has 0 saturated heterocycles.